The summed E-state index contributed by atoms with van der Waals surface area (Å²) in [7, 11) is 8.62. The number of methoxy groups -OCH3 is 6. The number of Topliss-reactive ketones (excluding diaryl/α,β-unsaturated/α-hetero) is 2. The molecule has 4 aromatic rings. The summed E-state index contributed by atoms with van der Waals surface area (Å²) in [5, 5.41) is 8.43. The third kappa shape index (κ3) is 24.0. The molecule has 4 rings (SSSR count). The molecule has 374 valence electrons. The molecule has 4 heterocycles. The van der Waals surface area contributed by atoms with E-state index in [4.69, 9.17) is 43.2 Å². The van der Waals surface area contributed by atoms with E-state index in [1.807, 2.05) is 13.8 Å². The standard InChI is InChI=1S/C22H29NO7S.C16H19NO5S.C6H11BrO2.CH2O3.2Cs.H/c1-8-9-12(20(25)29-7)17(21(26)30-22(2,3)4)18(24)16-10-13-15(31-16)11-14(27-5)19(23-13)28-6;1-16(2,3)22-14(19)7-10(18)13-6-9-12(23-13)8-11(20-4)15(17-9)21-5;1-3-4-5(7)6(8)9-2;2-1-4-3;;;/h10-12,17H,8-9H2,1-7H3;6,8H,7H2,1-5H3;5H,3-4H2,1-2H3;1,3H;;;/q;;;;2*+1;-1/p-1. The van der Waals surface area contributed by atoms with Gasteiger partial charge in [0.15, 0.2) is 23.1 Å². The first-order valence-corrected chi connectivity index (χ1v) is 23.1. The molecule has 0 fully saturated rings. The summed E-state index contributed by atoms with van der Waals surface area (Å²) in [6.07, 6.45) is 2.44. The summed E-state index contributed by atoms with van der Waals surface area (Å²) in [5.74, 6) is -3.58. The molecule has 0 radical (unpaired) electrons. The Morgan fingerprint density at radius 3 is 1.49 bits per heavy atom. The first kappa shape index (κ1) is 69.7. The zero-order chi connectivity index (χ0) is 51.2. The van der Waals surface area contributed by atoms with Gasteiger partial charge in [0, 0.05) is 12.1 Å². The molecule has 0 aliphatic rings. The molecule has 0 N–H and O–H groups in total. The van der Waals surface area contributed by atoms with Gasteiger partial charge in [-0.25, -0.2) is 9.97 Å². The summed E-state index contributed by atoms with van der Waals surface area (Å²) < 4.78 is 42.3. The van der Waals surface area contributed by atoms with Crippen LogP contribution in [0.4, 0.5) is 0 Å². The minimum Gasteiger partial charge on any atom is -1.00 e. The van der Waals surface area contributed by atoms with Crippen LogP contribution < -0.4 is 162 Å². The van der Waals surface area contributed by atoms with Crippen LogP contribution in [0.15, 0.2) is 24.3 Å². The molecule has 3 unspecified atom stereocenters. The fourth-order valence-electron chi connectivity index (χ4n) is 5.66. The summed E-state index contributed by atoms with van der Waals surface area (Å²) in [6.45, 7) is 14.1. The van der Waals surface area contributed by atoms with Crippen LogP contribution in [0.25, 0.3) is 20.4 Å². The largest absolute Gasteiger partial charge is 1.00 e. The van der Waals surface area contributed by atoms with Crippen LogP contribution in [0.1, 0.15) is 108 Å². The molecule has 3 atom stereocenters. The van der Waals surface area contributed by atoms with Crippen LogP contribution >= 0.6 is 38.6 Å². The van der Waals surface area contributed by atoms with E-state index >= 15 is 0 Å². The normalized spacial score (nSPS) is 11.8. The molecular formula is C45H61BrCs2N2O17S2. The number of alkyl halides is 1. The van der Waals surface area contributed by atoms with Crippen LogP contribution in [-0.2, 0) is 47.8 Å². The zero-order valence-electron chi connectivity index (χ0n) is 43.2. The van der Waals surface area contributed by atoms with Crippen molar-refractivity contribution >= 4 is 101 Å². The molecular weight excluding hydrogens is 1250 g/mol. The number of fused-ring (bicyclic) bond motifs is 2. The van der Waals surface area contributed by atoms with Gasteiger partial charge in [-0.1, -0.05) is 42.6 Å². The van der Waals surface area contributed by atoms with E-state index in [2.05, 4.69) is 35.5 Å². The average Bonchev–Trinajstić information content (AvgIpc) is 3.90. The van der Waals surface area contributed by atoms with E-state index in [-0.39, 0.29) is 175 Å². The van der Waals surface area contributed by atoms with Crippen molar-refractivity contribution in [2.45, 2.75) is 104 Å². The van der Waals surface area contributed by atoms with E-state index in [1.165, 1.54) is 65.3 Å². The summed E-state index contributed by atoms with van der Waals surface area (Å²) in [5.41, 5.74) is -0.274. The van der Waals surface area contributed by atoms with Gasteiger partial charge in [-0.05, 0) is 66.5 Å². The van der Waals surface area contributed by atoms with Crippen molar-refractivity contribution in [2.75, 3.05) is 42.7 Å². The number of nitrogens with zero attached hydrogens (tertiary/aromatic N) is 2. The minimum atomic E-state index is -1.32. The Kier molecular flexibility index (Phi) is 35.3. The summed E-state index contributed by atoms with van der Waals surface area (Å²) in [6, 6.07) is 6.71. The number of ether oxygens (including phenoxy) is 8. The van der Waals surface area contributed by atoms with Gasteiger partial charge in [-0.3, -0.25) is 33.6 Å². The summed E-state index contributed by atoms with van der Waals surface area (Å²) in [4.78, 5) is 94.2. The summed E-state index contributed by atoms with van der Waals surface area (Å²) >= 11 is 5.61. The molecule has 19 nitrogen and oxygen atoms in total. The Morgan fingerprint density at radius 1 is 0.681 bits per heavy atom. The number of hydrogen-bond acceptors (Lipinski definition) is 21. The molecule has 69 heavy (non-hydrogen) atoms. The topological polar surface area (TPSA) is 251 Å². The predicted molar refractivity (Wildman–Crippen MR) is 252 cm³/mol. The first-order valence-electron chi connectivity index (χ1n) is 20.5. The van der Waals surface area contributed by atoms with Crippen molar-refractivity contribution in [3.8, 4) is 23.3 Å². The Hall–Kier alpha value is -1.35. The van der Waals surface area contributed by atoms with Crippen LogP contribution in [0.5, 0.6) is 23.3 Å². The van der Waals surface area contributed by atoms with E-state index in [0.29, 0.717) is 55.7 Å². The van der Waals surface area contributed by atoms with Gasteiger partial charge in [0.2, 0.25) is 0 Å². The van der Waals surface area contributed by atoms with Crippen LogP contribution in [0, 0.1) is 11.8 Å². The number of esters is 4. The van der Waals surface area contributed by atoms with Gasteiger partial charge in [-0.15, -0.1) is 22.7 Å². The molecule has 0 saturated carbocycles. The Balaban J connectivity index is -0.00000101. The van der Waals surface area contributed by atoms with Gasteiger partial charge in [0.25, 0.3) is 18.2 Å². The van der Waals surface area contributed by atoms with Gasteiger partial charge < -0.3 is 49.5 Å². The minimum absolute atomic E-state index is 0. The quantitative estimate of drug-likeness (QED) is 0.0200. The molecule has 0 aliphatic carbocycles. The predicted octanol–water partition coefficient (Wildman–Crippen LogP) is 1.55. The van der Waals surface area contributed by atoms with Crippen LogP contribution in [0.3, 0.4) is 0 Å². The van der Waals surface area contributed by atoms with Crippen LogP contribution in [0.2, 0.25) is 0 Å². The number of pyridine rings is 2. The third-order valence-electron chi connectivity index (χ3n) is 8.43. The van der Waals surface area contributed by atoms with Crippen molar-refractivity contribution < 1.29 is 221 Å². The molecule has 0 aliphatic heterocycles. The monoisotopic (exact) mass is 1310 g/mol. The number of ketones is 2. The number of rotatable bonds is 18. The van der Waals surface area contributed by atoms with Crippen molar-refractivity contribution in [1.82, 2.24) is 9.97 Å². The number of thiophene rings is 2. The SMILES string of the molecule is CCCC(Br)C(=O)OC.CCCC(C(=O)OC)C(C(=O)OC(C)(C)C)C(=O)c1cc2nc(OC)c(OC)cc2s1.COc1cc2sc(C(=O)CC(=O)OC(C)(C)C)cc2nc1OC.O=CO[O-].[Cs+].[Cs+].[H-]. The second-order valence-corrected chi connectivity index (χ2v) is 19.1. The van der Waals surface area contributed by atoms with Crippen molar-refractivity contribution in [3.63, 3.8) is 0 Å². The van der Waals surface area contributed by atoms with Crippen molar-refractivity contribution in [1.29, 1.82) is 0 Å². The molecule has 0 bridgehead atoms. The number of aromatic nitrogens is 2. The van der Waals surface area contributed by atoms with E-state index < -0.39 is 46.7 Å². The van der Waals surface area contributed by atoms with Gasteiger partial charge >= 0.3 is 162 Å². The average molecular weight is 1310 g/mol. The van der Waals surface area contributed by atoms with Crippen molar-refractivity contribution in [3.05, 3.63) is 34.0 Å². The first-order chi connectivity index (χ1) is 31.4. The molecule has 0 aromatic carbocycles. The molecule has 0 spiro atoms. The Morgan fingerprint density at radius 2 is 1.12 bits per heavy atom. The smallest absolute Gasteiger partial charge is 1.00 e. The number of carbonyl (C=O) groups is 7. The van der Waals surface area contributed by atoms with E-state index in [0.717, 1.165) is 17.5 Å². The van der Waals surface area contributed by atoms with E-state index in [9.17, 15) is 28.8 Å². The molecule has 4 aromatic heterocycles. The molecule has 24 heteroatoms. The van der Waals surface area contributed by atoms with Gasteiger partial charge in [-0.2, -0.15) is 0 Å². The third-order valence-corrected chi connectivity index (χ3v) is 11.5. The van der Waals surface area contributed by atoms with Crippen molar-refractivity contribution in [2.24, 2.45) is 11.8 Å². The second-order valence-electron chi connectivity index (χ2n) is 15.8. The number of halogens is 1. The maximum atomic E-state index is 13.5. The zero-order valence-corrected chi connectivity index (χ0v) is 58.0. The number of hydrogen-bond donors (Lipinski definition) is 0. The fourth-order valence-corrected chi connectivity index (χ4v) is 8.28. The molecule has 0 saturated heterocycles. The fraction of sp³-hybridized carbons (Fsp3) is 0.533. The number of carbonyl (C=O) groups excluding carboxylic acids is 7. The second kappa shape index (κ2) is 35.0. The maximum absolute atomic E-state index is 13.5. The van der Waals surface area contributed by atoms with E-state index in [1.54, 1.807) is 65.8 Å². The molecule has 0 amide bonds. The van der Waals surface area contributed by atoms with Crippen LogP contribution in [-0.4, -0.2) is 111 Å². The Labute approximate surface area is 538 Å². The van der Waals surface area contributed by atoms with Gasteiger partial charge in [0.1, 0.15) is 28.4 Å². The van der Waals surface area contributed by atoms with Gasteiger partial charge in [0.05, 0.1) is 78.8 Å². The maximum Gasteiger partial charge on any atom is 1.00 e. The Bertz CT molecular complexity index is 2220.